The predicted octanol–water partition coefficient (Wildman–Crippen LogP) is 3.13. The second-order valence-electron chi connectivity index (χ2n) is 4.94. The van der Waals surface area contributed by atoms with Gasteiger partial charge in [0.15, 0.2) is 0 Å². The average molecular weight is 374 g/mol. The van der Waals surface area contributed by atoms with Crippen LogP contribution in [0, 0.1) is 0 Å². The molecule has 1 rings (SSSR count). The van der Waals surface area contributed by atoms with E-state index in [1.165, 1.54) is 23.5 Å². The molecule has 8 heteroatoms. The van der Waals surface area contributed by atoms with Crippen LogP contribution in [-0.2, 0) is 9.59 Å². The fourth-order valence-electron chi connectivity index (χ4n) is 1.63. The van der Waals surface area contributed by atoms with E-state index in [2.05, 4.69) is 0 Å². The van der Waals surface area contributed by atoms with Gasteiger partial charge in [-0.25, -0.2) is 4.79 Å². The highest BCUT2D eigenvalue weighted by Crippen LogP contribution is 2.18. The van der Waals surface area contributed by atoms with Gasteiger partial charge in [-0.2, -0.15) is 0 Å². The van der Waals surface area contributed by atoms with Crippen LogP contribution >= 0.6 is 23.5 Å². The molecule has 0 aliphatic carbocycles. The van der Waals surface area contributed by atoms with E-state index in [0.29, 0.717) is 17.1 Å². The monoisotopic (exact) mass is 374 g/mol. The van der Waals surface area contributed by atoms with Gasteiger partial charge in [-0.15, -0.1) is 23.5 Å². The third kappa shape index (κ3) is 11.0. The molecule has 0 unspecified atom stereocenters. The van der Waals surface area contributed by atoms with Crippen molar-refractivity contribution in [1.29, 1.82) is 0 Å². The molecule has 0 aromatic heterocycles. The van der Waals surface area contributed by atoms with Crippen LogP contribution in [0.25, 0.3) is 0 Å². The summed E-state index contributed by atoms with van der Waals surface area (Å²) in [7, 11) is 0. The van der Waals surface area contributed by atoms with Crippen molar-refractivity contribution in [1.82, 2.24) is 0 Å². The van der Waals surface area contributed by atoms with Crippen molar-refractivity contribution in [2.24, 2.45) is 0 Å². The van der Waals surface area contributed by atoms with Crippen LogP contribution in [-0.4, -0.2) is 56.2 Å². The summed E-state index contributed by atoms with van der Waals surface area (Å²) in [5.74, 6) is -0.696. The number of carboxylic acid groups (broad SMARTS) is 3. The van der Waals surface area contributed by atoms with Gasteiger partial charge < -0.3 is 15.3 Å². The first-order valence-electron chi connectivity index (χ1n) is 7.17. The maximum absolute atomic E-state index is 10.7. The van der Waals surface area contributed by atoms with E-state index in [1.807, 2.05) is 26.0 Å². The molecule has 0 saturated carbocycles. The Balaban J connectivity index is 0.000000441. The number of hydrogen-bond acceptors (Lipinski definition) is 5. The zero-order chi connectivity index (χ0) is 18.5. The highest BCUT2D eigenvalue weighted by Gasteiger charge is 2.10. The summed E-state index contributed by atoms with van der Waals surface area (Å²) in [5, 5.41) is 25.3. The average Bonchev–Trinajstić information content (AvgIpc) is 2.50. The molecule has 3 N–H and O–H groups in total. The molecule has 0 aliphatic rings. The molecule has 0 radical (unpaired) electrons. The molecule has 6 nitrogen and oxygen atoms in total. The number of aromatic carboxylic acids is 1. The predicted molar refractivity (Wildman–Crippen MR) is 97.4 cm³/mol. The zero-order valence-corrected chi connectivity index (χ0v) is 15.2. The summed E-state index contributed by atoms with van der Waals surface area (Å²) in [4.78, 5) is 30.8. The van der Waals surface area contributed by atoms with Crippen molar-refractivity contribution in [3.63, 3.8) is 0 Å². The molecule has 0 spiro atoms. The van der Waals surface area contributed by atoms with E-state index in [4.69, 9.17) is 15.3 Å². The van der Waals surface area contributed by atoms with Gasteiger partial charge in [0.25, 0.3) is 0 Å². The number of carbonyl (C=O) groups is 3. The SMILES string of the molecule is CC(C)c1ccccc1C(=O)O.O=C(O)CSCCSCC(=O)O. The normalized spacial score (nSPS) is 9.96. The van der Waals surface area contributed by atoms with Gasteiger partial charge in [0.2, 0.25) is 0 Å². The molecule has 0 fully saturated rings. The molecule has 0 saturated heterocycles. The molecule has 0 aliphatic heterocycles. The second kappa shape index (κ2) is 12.7. The lowest BCUT2D eigenvalue weighted by Gasteiger charge is -2.07. The molecule has 24 heavy (non-hydrogen) atoms. The Bertz CT molecular complexity index is 527. The van der Waals surface area contributed by atoms with Crippen LogP contribution in [0.5, 0.6) is 0 Å². The van der Waals surface area contributed by atoms with Crippen molar-refractivity contribution in [3.05, 3.63) is 35.4 Å². The van der Waals surface area contributed by atoms with Crippen LogP contribution in [0.15, 0.2) is 24.3 Å². The Kier molecular flexibility index (Phi) is 11.8. The summed E-state index contributed by atoms with van der Waals surface area (Å²) in [6.45, 7) is 3.98. The van der Waals surface area contributed by atoms with E-state index in [-0.39, 0.29) is 17.4 Å². The van der Waals surface area contributed by atoms with Crippen molar-refractivity contribution in [2.45, 2.75) is 19.8 Å². The lowest BCUT2D eigenvalue weighted by atomic mass is 9.97. The molecule has 1 aromatic carbocycles. The van der Waals surface area contributed by atoms with E-state index in [9.17, 15) is 14.4 Å². The van der Waals surface area contributed by atoms with Crippen molar-refractivity contribution in [2.75, 3.05) is 23.0 Å². The standard InChI is InChI=1S/C10H12O2.C6H10O4S2/c1-7(2)8-5-3-4-6-9(8)10(11)12;7-5(8)3-11-1-2-12-4-6(9)10/h3-7H,1-2H3,(H,11,12);1-4H2,(H,7,8)(H,9,10). The van der Waals surface area contributed by atoms with Crippen molar-refractivity contribution >= 4 is 41.4 Å². The number of thioether (sulfide) groups is 2. The highest BCUT2D eigenvalue weighted by atomic mass is 32.2. The maximum Gasteiger partial charge on any atom is 0.335 e. The largest absolute Gasteiger partial charge is 0.481 e. The number of rotatable bonds is 9. The first-order valence-corrected chi connectivity index (χ1v) is 9.48. The fraction of sp³-hybridized carbons (Fsp3) is 0.438. The Labute approximate surface area is 149 Å². The molecular formula is C16H22O6S2. The third-order valence-electron chi connectivity index (χ3n) is 2.64. The van der Waals surface area contributed by atoms with Gasteiger partial charge in [0, 0.05) is 11.5 Å². The smallest absolute Gasteiger partial charge is 0.335 e. The molecular weight excluding hydrogens is 352 g/mol. The van der Waals surface area contributed by atoms with Crippen LogP contribution in [0.4, 0.5) is 0 Å². The first kappa shape index (κ1) is 22.3. The summed E-state index contributed by atoms with van der Waals surface area (Å²) >= 11 is 2.60. The maximum atomic E-state index is 10.7. The molecule has 134 valence electrons. The van der Waals surface area contributed by atoms with Crippen LogP contribution < -0.4 is 0 Å². The third-order valence-corrected chi connectivity index (χ3v) is 4.78. The highest BCUT2D eigenvalue weighted by molar-refractivity contribution is 8.03. The summed E-state index contributed by atoms with van der Waals surface area (Å²) in [5.41, 5.74) is 1.30. The lowest BCUT2D eigenvalue weighted by Crippen LogP contribution is -2.02. The summed E-state index contributed by atoms with van der Waals surface area (Å²) in [6, 6.07) is 7.10. The van der Waals surface area contributed by atoms with Crippen LogP contribution in [0.3, 0.4) is 0 Å². The minimum atomic E-state index is -0.848. The van der Waals surface area contributed by atoms with Crippen molar-refractivity contribution < 1.29 is 29.7 Å². The van der Waals surface area contributed by atoms with Gasteiger partial charge in [-0.1, -0.05) is 32.0 Å². The minimum Gasteiger partial charge on any atom is -0.481 e. The molecule has 0 bridgehead atoms. The lowest BCUT2D eigenvalue weighted by molar-refractivity contribution is -0.134. The number of aliphatic carboxylic acids is 2. The minimum absolute atomic E-state index is 0.0909. The second-order valence-corrected chi connectivity index (χ2v) is 7.15. The van der Waals surface area contributed by atoms with Crippen LogP contribution in [0.1, 0.15) is 35.7 Å². The van der Waals surface area contributed by atoms with Crippen LogP contribution in [0.2, 0.25) is 0 Å². The molecule has 0 heterocycles. The quantitative estimate of drug-likeness (QED) is 0.565. The van der Waals surface area contributed by atoms with E-state index in [0.717, 1.165) is 5.56 Å². The number of hydrogen-bond donors (Lipinski definition) is 3. The van der Waals surface area contributed by atoms with Gasteiger partial charge >= 0.3 is 17.9 Å². The first-order chi connectivity index (χ1) is 11.3. The van der Waals surface area contributed by atoms with E-state index in [1.54, 1.807) is 12.1 Å². The summed E-state index contributed by atoms with van der Waals surface area (Å²) < 4.78 is 0. The van der Waals surface area contributed by atoms with Crippen molar-refractivity contribution in [3.8, 4) is 0 Å². The number of benzene rings is 1. The van der Waals surface area contributed by atoms with E-state index < -0.39 is 17.9 Å². The van der Waals surface area contributed by atoms with Gasteiger partial charge in [0.05, 0.1) is 17.1 Å². The summed E-state index contributed by atoms with van der Waals surface area (Å²) in [6.07, 6.45) is 0. The van der Waals surface area contributed by atoms with Gasteiger partial charge in [0.1, 0.15) is 0 Å². The Morgan fingerprint density at radius 2 is 1.38 bits per heavy atom. The molecule has 0 atom stereocenters. The van der Waals surface area contributed by atoms with Gasteiger partial charge in [-0.05, 0) is 17.5 Å². The zero-order valence-electron chi connectivity index (χ0n) is 13.6. The Hall–Kier alpha value is -1.67. The fourth-order valence-corrected chi connectivity index (χ4v) is 3.21. The molecule has 1 aromatic rings. The Morgan fingerprint density at radius 1 is 0.917 bits per heavy atom. The van der Waals surface area contributed by atoms with E-state index >= 15 is 0 Å². The number of carboxylic acids is 3. The molecule has 0 amide bonds. The Morgan fingerprint density at radius 3 is 1.71 bits per heavy atom. The topological polar surface area (TPSA) is 112 Å². The van der Waals surface area contributed by atoms with Gasteiger partial charge in [-0.3, -0.25) is 9.59 Å².